The Morgan fingerprint density at radius 1 is 1.15 bits per heavy atom. The van der Waals surface area contributed by atoms with Crippen molar-refractivity contribution in [3.05, 3.63) is 29.8 Å². The minimum absolute atomic E-state index is 0.444. The maximum Gasteiger partial charge on any atom is 0.272 e. The zero-order valence-corrected chi connectivity index (χ0v) is 17.1. The molecular weight excluding hydrogens is 350 g/mol. The lowest BCUT2D eigenvalue weighted by Crippen LogP contribution is -2.41. The fourth-order valence-electron chi connectivity index (χ4n) is 2.89. The summed E-state index contributed by atoms with van der Waals surface area (Å²) in [5.41, 5.74) is 0.940. The quantitative estimate of drug-likeness (QED) is 0.348. The van der Waals surface area contributed by atoms with E-state index in [1.165, 1.54) is 0 Å². The summed E-state index contributed by atoms with van der Waals surface area (Å²) in [6.45, 7) is 10.7. The largest absolute Gasteiger partial charge is 0.488 e. The van der Waals surface area contributed by atoms with Gasteiger partial charge >= 0.3 is 0 Å². The van der Waals surface area contributed by atoms with Crippen LogP contribution in [0.3, 0.4) is 0 Å². The van der Waals surface area contributed by atoms with E-state index in [0.29, 0.717) is 24.4 Å². The van der Waals surface area contributed by atoms with Crippen molar-refractivity contribution >= 4 is 5.96 Å². The summed E-state index contributed by atoms with van der Waals surface area (Å²) in [7, 11) is 1.73. The molecule has 154 valence electrons. The minimum Gasteiger partial charge on any atom is -0.488 e. The van der Waals surface area contributed by atoms with Gasteiger partial charge in [0.05, 0.1) is 0 Å². The summed E-state index contributed by atoms with van der Waals surface area (Å²) >= 11 is 0. The van der Waals surface area contributed by atoms with Crippen LogP contribution in [-0.2, 0) is 6.54 Å². The molecule has 0 spiro atoms. The maximum atomic E-state index is 12.2. The van der Waals surface area contributed by atoms with Gasteiger partial charge in [0.15, 0.2) is 5.96 Å². The van der Waals surface area contributed by atoms with Gasteiger partial charge in [0.2, 0.25) is 0 Å². The van der Waals surface area contributed by atoms with Crippen LogP contribution in [-0.4, -0.2) is 56.1 Å². The molecule has 1 aromatic rings. The number of halogens is 2. The van der Waals surface area contributed by atoms with E-state index in [1.54, 1.807) is 25.2 Å². The summed E-state index contributed by atoms with van der Waals surface area (Å²) in [4.78, 5) is 6.68. The Morgan fingerprint density at radius 3 is 2.44 bits per heavy atom. The summed E-state index contributed by atoms with van der Waals surface area (Å²) in [5, 5.41) is 6.54. The van der Waals surface area contributed by atoms with Crippen LogP contribution in [0, 0.1) is 0 Å². The normalized spacial score (nSPS) is 12.3. The van der Waals surface area contributed by atoms with E-state index in [9.17, 15) is 8.78 Å². The zero-order valence-electron chi connectivity index (χ0n) is 17.1. The average molecular weight is 385 g/mol. The second-order valence-corrected chi connectivity index (χ2v) is 6.98. The highest BCUT2D eigenvalue weighted by Gasteiger charge is 2.12. The Hall–Kier alpha value is -1.89. The molecule has 0 amide bonds. The lowest BCUT2D eigenvalue weighted by atomic mass is 10.2. The van der Waals surface area contributed by atoms with Crippen molar-refractivity contribution in [3.8, 4) is 5.75 Å². The number of hydrogen-bond donors (Lipinski definition) is 2. The Labute approximate surface area is 162 Å². The fourth-order valence-corrected chi connectivity index (χ4v) is 2.89. The van der Waals surface area contributed by atoms with Crippen molar-refractivity contribution in [2.45, 2.75) is 59.2 Å². The van der Waals surface area contributed by atoms with E-state index >= 15 is 0 Å². The monoisotopic (exact) mass is 384 g/mol. The first kappa shape index (κ1) is 23.1. The van der Waals surface area contributed by atoms with E-state index in [-0.39, 0.29) is 0 Å². The van der Waals surface area contributed by atoms with Gasteiger partial charge in [-0.25, -0.2) is 8.78 Å². The van der Waals surface area contributed by atoms with Gasteiger partial charge in [-0.15, -0.1) is 0 Å². The number of alkyl halides is 2. The summed E-state index contributed by atoms with van der Waals surface area (Å²) in [6, 6.07) is 8.20. The molecule has 0 fully saturated rings. The van der Waals surface area contributed by atoms with E-state index < -0.39 is 13.0 Å². The number of nitrogens with zero attached hydrogens (tertiary/aromatic N) is 2. The molecule has 0 unspecified atom stereocenters. The van der Waals surface area contributed by atoms with Crippen LogP contribution in [0.4, 0.5) is 8.78 Å². The van der Waals surface area contributed by atoms with Gasteiger partial charge in [-0.2, -0.15) is 0 Å². The van der Waals surface area contributed by atoms with Gasteiger partial charge in [0.1, 0.15) is 12.4 Å². The first-order valence-electron chi connectivity index (χ1n) is 9.53. The lowest BCUT2D eigenvalue weighted by molar-refractivity contribution is 0.0818. The Bertz CT molecular complexity index is 557. The van der Waals surface area contributed by atoms with Gasteiger partial charge in [-0.1, -0.05) is 12.1 Å². The number of hydrogen-bond acceptors (Lipinski definition) is 3. The molecule has 0 bridgehead atoms. The molecule has 0 saturated heterocycles. The number of benzene rings is 1. The summed E-state index contributed by atoms with van der Waals surface area (Å²) in [5.74, 6) is 1.16. The highest BCUT2D eigenvalue weighted by molar-refractivity contribution is 5.79. The molecule has 0 radical (unpaired) electrons. The number of ether oxygens (including phenoxy) is 1. The highest BCUT2D eigenvalue weighted by Crippen LogP contribution is 2.14. The SMILES string of the molecule is CN=C(NCCCN(C(C)C)C(C)C)NCc1cccc(OCC(F)F)c1. The van der Waals surface area contributed by atoms with Crippen LogP contribution in [0.15, 0.2) is 29.3 Å². The molecular formula is C20H34F2N4O. The van der Waals surface area contributed by atoms with Gasteiger partial charge in [-0.3, -0.25) is 9.89 Å². The van der Waals surface area contributed by atoms with Crippen LogP contribution in [0.1, 0.15) is 39.7 Å². The van der Waals surface area contributed by atoms with Crippen LogP contribution in [0.5, 0.6) is 5.75 Å². The van der Waals surface area contributed by atoms with Crippen molar-refractivity contribution in [2.75, 3.05) is 26.7 Å². The molecule has 0 saturated carbocycles. The minimum atomic E-state index is -2.47. The molecule has 0 aliphatic heterocycles. The second kappa shape index (κ2) is 12.5. The first-order chi connectivity index (χ1) is 12.8. The fraction of sp³-hybridized carbons (Fsp3) is 0.650. The van der Waals surface area contributed by atoms with Gasteiger partial charge in [0, 0.05) is 38.8 Å². The number of rotatable bonds is 11. The molecule has 5 nitrogen and oxygen atoms in total. The molecule has 0 aliphatic carbocycles. The molecule has 27 heavy (non-hydrogen) atoms. The van der Waals surface area contributed by atoms with Crippen molar-refractivity contribution in [3.63, 3.8) is 0 Å². The van der Waals surface area contributed by atoms with Gasteiger partial charge in [-0.05, 0) is 51.8 Å². The molecule has 1 aromatic carbocycles. The van der Waals surface area contributed by atoms with E-state index in [1.807, 2.05) is 6.07 Å². The van der Waals surface area contributed by atoms with Crippen LogP contribution >= 0.6 is 0 Å². The number of aliphatic imine (C=N–C) groups is 1. The Kier molecular flexibility index (Phi) is 10.7. The Morgan fingerprint density at radius 2 is 1.85 bits per heavy atom. The van der Waals surface area contributed by atoms with Crippen molar-refractivity contribution in [1.29, 1.82) is 0 Å². The predicted molar refractivity (Wildman–Crippen MR) is 108 cm³/mol. The third-order valence-corrected chi connectivity index (χ3v) is 4.17. The third kappa shape index (κ3) is 9.56. The Balaban J connectivity index is 2.39. The predicted octanol–water partition coefficient (Wildman–Crippen LogP) is 3.50. The smallest absolute Gasteiger partial charge is 0.272 e. The van der Waals surface area contributed by atoms with Crippen LogP contribution in [0.2, 0.25) is 0 Å². The van der Waals surface area contributed by atoms with Gasteiger partial charge < -0.3 is 15.4 Å². The average Bonchev–Trinajstić information content (AvgIpc) is 2.62. The van der Waals surface area contributed by atoms with Crippen LogP contribution in [0.25, 0.3) is 0 Å². The first-order valence-corrected chi connectivity index (χ1v) is 9.53. The van der Waals surface area contributed by atoms with Crippen molar-refractivity contribution in [1.82, 2.24) is 15.5 Å². The van der Waals surface area contributed by atoms with Gasteiger partial charge in [0.25, 0.3) is 6.43 Å². The molecule has 0 aromatic heterocycles. The molecule has 7 heteroatoms. The standard InChI is InChI=1S/C20H34F2N4O/c1-15(2)26(16(3)4)11-7-10-24-20(23-5)25-13-17-8-6-9-18(12-17)27-14-19(21)22/h6,8-9,12,15-16,19H,7,10-11,13-14H2,1-5H3,(H2,23,24,25). The topological polar surface area (TPSA) is 48.9 Å². The van der Waals surface area contributed by atoms with E-state index in [4.69, 9.17) is 4.74 Å². The highest BCUT2D eigenvalue weighted by atomic mass is 19.3. The lowest BCUT2D eigenvalue weighted by Gasteiger charge is -2.30. The molecule has 1 rings (SSSR count). The third-order valence-electron chi connectivity index (χ3n) is 4.17. The number of nitrogens with one attached hydrogen (secondary N) is 2. The molecule has 0 atom stereocenters. The van der Waals surface area contributed by atoms with Crippen LogP contribution < -0.4 is 15.4 Å². The number of guanidine groups is 1. The maximum absolute atomic E-state index is 12.2. The van der Waals surface area contributed by atoms with E-state index in [2.05, 4.69) is 48.2 Å². The van der Waals surface area contributed by atoms with Crippen molar-refractivity contribution in [2.24, 2.45) is 4.99 Å². The van der Waals surface area contributed by atoms with Crippen molar-refractivity contribution < 1.29 is 13.5 Å². The summed E-state index contributed by atoms with van der Waals surface area (Å²) in [6.07, 6.45) is -1.45. The van der Waals surface area contributed by atoms with E-state index in [0.717, 1.165) is 31.0 Å². The molecule has 2 N–H and O–H groups in total. The molecule has 0 aliphatic rings. The zero-order chi connectivity index (χ0) is 20.2. The molecule has 0 heterocycles. The summed E-state index contributed by atoms with van der Waals surface area (Å²) < 4.78 is 29.5. The second-order valence-electron chi connectivity index (χ2n) is 6.98.